The largest absolute Gasteiger partial charge is 0.494 e. The number of carbonyl (C=O) groups excluding carboxylic acids is 1. The van der Waals surface area contributed by atoms with Crippen LogP contribution in [0.3, 0.4) is 0 Å². The van der Waals surface area contributed by atoms with Crippen molar-refractivity contribution >= 4 is 5.91 Å². The minimum atomic E-state index is 0.0458. The van der Waals surface area contributed by atoms with E-state index in [4.69, 9.17) is 4.74 Å². The summed E-state index contributed by atoms with van der Waals surface area (Å²) in [4.78, 5) is 11.4. The van der Waals surface area contributed by atoms with E-state index in [0.717, 1.165) is 24.3 Å². The highest BCUT2D eigenvalue weighted by molar-refractivity contribution is 5.77. The van der Waals surface area contributed by atoms with Crippen LogP contribution in [0.2, 0.25) is 0 Å². The smallest absolute Gasteiger partial charge is 0.233 e. The van der Waals surface area contributed by atoms with Crippen molar-refractivity contribution < 1.29 is 9.53 Å². The van der Waals surface area contributed by atoms with Crippen molar-refractivity contribution in [2.75, 3.05) is 26.2 Å². The minimum absolute atomic E-state index is 0.0458. The monoisotopic (exact) mass is 264 g/mol. The van der Waals surface area contributed by atoms with Gasteiger partial charge >= 0.3 is 0 Å². The van der Waals surface area contributed by atoms with Gasteiger partial charge in [0.2, 0.25) is 5.91 Å². The van der Waals surface area contributed by atoms with Crippen LogP contribution in [0.5, 0.6) is 5.75 Å². The first-order chi connectivity index (χ1) is 9.17. The van der Waals surface area contributed by atoms with Gasteiger partial charge in [0, 0.05) is 6.54 Å². The van der Waals surface area contributed by atoms with Crippen LogP contribution in [0, 0.1) is 6.92 Å². The number of likely N-dealkylation sites (N-methyl/N-ethyl adjacent to an activating group) is 1. The molecule has 0 unspecified atom stereocenters. The molecule has 19 heavy (non-hydrogen) atoms. The molecule has 0 saturated carbocycles. The Morgan fingerprint density at radius 2 is 2.11 bits per heavy atom. The number of amides is 1. The van der Waals surface area contributed by atoms with Gasteiger partial charge in [-0.1, -0.05) is 19.1 Å². The summed E-state index contributed by atoms with van der Waals surface area (Å²) in [5.41, 5.74) is 2.35. The first kappa shape index (κ1) is 15.5. The van der Waals surface area contributed by atoms with E-state index >= 15 is 0 Å². The third-order valence-electron chi connectivity index (χ3n) is 2.81. The lowest BCUT2D eigenvalue weighted by atomic mass is 10.1. The molecule has 0 fully saturated rings. The molecule has 4 nitrogen and oxygen atoms in total. The van der Waals surface area contributed by atoms with Crippen molar-refractivity contribution in [1.29, 1.82) is 0 Å². The number of benzene rings is 1. The summed E-state index contributed by atoms with van der Waals surface area (Å²) in [6.45, 7) is 8.55. The number of rotatable bonds is 8. The first-order valence-corrected chi connectivity index (χ1v) is 6.87. The van der Waals surface area contributed by atoms with E-state index in [1.54, 1.807) is 0 Å². The maximum atomic E-state index is 11.4. The Kier molecular flexibility index (Phi) is 6.97. The Hall–Kier alpha value is -1.55. The summed E-state index contributed by atoms with van der Waals surface area (Å²) in [5, 5.41) is 5.89. The average molecular weight is 264 g/mol. The molecule has 0 aliphatic carbocycles. The van der Waals surface area contributed by atoms with Gasteiger partial charge in [0.25, 0.3) is 0 Å². The molecular weight excluding hydrogens is 240 g/mol. The Morgan fingerprint density at radius 1 is 1.32 bits per heavy atom. The predicted octanol–water partition coefficient (Wildman–Crippen LogP) is 1.66. The Morgan fingerprint density at radius 3 is 2.74 bits per heavy atom. The lowest BCUT2D eigenvalue weighted by Crippen LogP contribution is -2.34. The van der Waals surface area contributed by atoms with Crippen LogP contribution in [0.15, 0.2) is 18.2 Å². The van der Waals surface area contributed by atoms with Crippen LogP contribution < -0.4 is 15.4 Å². The molecule has 106 valence electrons. The van der Waals surface area contributed by atoms with Gasteiger partial charge in [0.05, 0.1) is 13.2 Å². The zero-order valence-electron chi connectivity index (χ0n) is 12.1. The minimum Gasteiger partial charge on any atom is -0.494 e. The van der Waals surface area contributed by atoms with Crippen molar-refractivity contribution in [2.24, 2.45) is 0 Å². The van der Waals surface area contributed by atoms with Gasteiger partial charge in [-0.25, -0.2) is 0 Å². The number of hydrogen-bond donors (Lipinski definition) is 2. The van der Waals surface area contributed by atoms with E-state index in [1.165, 1.54) is 5.56 Å². The van der Waals surface area contributed by atoms with Gasteiger partial charge in [-0.2, -0.15) is 0 Å². The zero-order chi connectivity index (χ0) is 14.1. The summed E-state index contributed by atoms with van der Waals surface area (Å²) in [6, 6.07) is 6.16. The normalized spacial score (nSPS) is 10.3. The summed E-state index contributed by atoms with van der Waals surface area (Å²) in [5.74, 6) is 0.979. The van der Waals surface area contributed by atoms with E-state index in [2.05, 4.69) is 22.8 Å². The second-order valence-corrected chi connectivity index (χ2v) is 4.41. The molecule has 0 heterocycles. The maximum absolute atomic E-state index is 11.4. The number of carbonyl (C=O) groups is 1. The third kappa shape index (κ3) is 5.75. The number of hydrogen-bond acceptors (Lipinski definition) is 3. The number of ether oxygens (including phenoxy) is 1. The number of aryl methyl sites for hydroxylation is 1. The molecule has 0 aliphatic rings. The highest BCUT2D eigenvalue weighted by atomic mass is 16.5. The third-order valence-corrected chi connectivity index (χ3v) is 2.81. The Labute approximate surface area is 115 Å². The van der Waals surface area contributed by atoms with Gasteiger partial charge in [-0.15, -0.1) is 0 Å². The first-order valence-electron chi connectivity index (χ1n) is 6.87. The fourth-order valence-electron chi connectivity index (χ4n) is 1.83. The SMILES string of the molecule is CCNCC(=O)NCCc1ccc(OCC)c(C)c1. The van der Waals surface area contributed by atoms with E-state index in [1.807, 2.05) is 26.8 Å². The second kappa shape index (κ2) is 8.53. The molecular formula is C15H24N2O2. The van der Waals surface area contributed by atoms with Crippen molar-refractivity contribution in [3.05, 3.63) is 29.3 Å². The average Bonchev–Trinajstić information content (AvgIpc) is 2.39. The number of nitrogens with one attached hydrogen (secondary N) is 2. The van der Waals surface area contributed by atoms with Crippen molar-refractivity contribution in [3.63, 3.8) is 0 Å². The lowest BCUT2D eigenvalue weighted by molar-refractivity contribution is -0.120. The van der Waals surface area contributed by atoms with E-state index in [-0.39, 0.29) is 5.91 Å². The van der Waals surface area contributed by atoms with E-state index < -0.39 is 0 Å². The summed E-state index contributed by atoms with van der Waals surface area (Å²) < 4.78 is 5.50. The van der Waals surface area contributed by atoms with Gasteiger partial charge in [-0.3, -0.25) is 4.79 Å². The Bertz CT molecular complexity index is 405. The molecule has 0 aromatic heterocycles. The summed E-state index contributed by atoms with van der Waals surface area (Å²) >= 11 is 0. The fourth-order valence-corrected chi connectivity index (χ4v) is 1.83. The maximum Gasteiger partial charge on any atom is 0.233 e. The summed E-state index contributed by atoms with van der Waals surface area (Å²) in [7, 11) is 0. The topological polar surface area (TPSA) is 50.4 Å². The molecule has 1 rings (SSSR count). The molecule has 0 atom stereocenters. The molecule has 0 spiro atoms. The van der Waals surface area contributed by atoms with Crippen molar-refractivity contribution in [1.82, 2.24) is 10.6 Å². The quantitative estimate of drug-likeness (QED) is 0.751. The van der Waals surface area contributed by atoms with Crippen LogP contribution in [-0.4, -0.2) is 32.1 Å². The molecule has 1 aromatic carbocycles. The van der Waals surface area contributed by atoms with Gasteiger partial charge in [0.1, 0.15) is 5.75 Å². The van der Waals surface area contributed by atoms with Crippen LogP contribution in [0.25, 0.3) is 0 Å². The van der Waals surface area contributed by atoms with Crippen LogP contribution in [0.4, 0.5) is 0 Å². The highest BCUT2D eigenvalue weighted by Crippen LogP contribution is 2.19. The molecule has 2 N–H and O–H groups in total. The second-order valence-electron chi connectivity index (χ2n) is 4.41. The molecule has 0 aliphatic heterocycles. The van der Waals surface area contributed by atoms with Crippen molar-refractivity contribution in [2.45, 2.75) is 27.2 Å². The van der Waals surface area contributed by atoms with Crippen LogP contribution in [-0.2, 0) is 11.2 Å². The molecule has 4 heteroatoms. The molecule has 0 saturated heterocycles. The fraction of sp³-hybridized carbons (Fsp3) is 0.533. The molecule has 1 aromatic rings. The molecule has 0 bridgehead atoms. The van der Waals surface area contributed by atoms with Gasteiger partial charge in [-0.05, 0) is 44.0 Å². The van der Waals surface area contributed by atoms with Gasteiger partial charge < -0.3 is 15.4 Å². The van der Waals surface area contributed by atoms with Gasteiger partial charge in [0.15, 0.2) is 0 Å². The zero-order valence-corrected chi connectivity index (χ0v) is 12.1. The standard InChI is InChI=1S/C15H24N2O2/c1-4-16-11-15(18)17-9-8-13-6-7-14(19-5-2)12(3)10-13/h6-7,10,16H,4-5,8-9,11H2,1-3H3,(H,17,18). The molecule has 1 amide bonds. The Balaban J connectivity index is 2.37. The van der Waals surface area contributed by atoms with E-state index in [9.17, 15) is 4.79 Å². The highest BCUT2D eigenvalue weighted by Gasteiger charge is 2.02. The summed E-state index contributed by atoms with van der Waals surface area (Å²) in [6.07, 6.45) is 0.838. The lowest BCUT2D eigenvalue weighted by Gasteiger charge is -2.10. The van der Waals surface area contributed by atoms with Crippen LogP contribution >= 0.6 is 0 Å². The molecule has 0 radical (unpaired) electrons. The predicted molar refractivity (Wildman–Crippen MR) is 77.6 cm³/mol. The van der Waals surface area contributed by atoms with E-state index in [0.29, 0.717) is 19.7 Å². The van der Waals surface area contributed by atoms with Crippen LogP contribution in [0.1, 0.15) is 25.0 Å². The van der Waals surface area contributed by atoms with Crippen molar-refractivity contribution in [3.8, 4) is 5.75 Å².